The molecule has 26 heavy (non-hydrogen) atoms. The molecular formula is C20H16FNO4. The third-order valence-corrected chi connectivity index (χ3v) is 3.60. The van der Waals surface area contributed by atoms with E-state index in [2.05, 4.69) is 4.99 Å². The summed E-state index contributed by atoms with van der Waals surface area (Å²) in [5.41, 5.74) is 1.76. The molecule has 0 radical (unpaired) electrons. The number of aliphatic imine (C=N–C) groups is 1. The second-order valence-corrected chi connectivity index (χ2v) is 5.60. The third kappa shape index (κ3) is 4.03. The molecule has 6 heteroatoms. The molecule has 0 spiro atoms. The minimum atomic E-state index is -0.587. The number of rotatable bonds is 5. The highest BCUT2D eigenvalue weighted by Gasteiger charge is 2.24. The summed E-state index contributed by atoms with van der Waals surface area (Å²) in [5.74, 6) is -1.23. The van der Waals surface area contributed by atoms with Gasteiger partial charge in [0.25, 0.3) is 0 Å². The van der Waals surface area contributed by atoms with Crippen molar-refractivity contribution in [3.8, 4) is 0 Å². The number of ether oxygens (including phenoxy) is 2. The summed E-state index contributed by atoms with van der Waals surface area (Å²) >= 11 is 0. The van der Waals surface area contributed by atoms with Gasteiger partial charge in [0.15, 0.2) is 5.70 Å². The van der Waals surface area contributed by atoms with Gasteiger partial charge in [-0.1, -0.05) is 19.1 Å². The molecule has 0 saturated carbocycles. The van der Waals surface area contributed by atoms with Crippen molar-refractivity contribution in [2.24, 2.45) is 4.99 Å². The lowest BCUT2D eigenvalue weighted by Gasteiger charge is -2.03. The zero-order valence-electron chi connectivity index (χ0n) is 14.1. The number of hydrogen-bond donors (Lipinski definition) is 0. The van der Waals surface area contributed by atoms with Crippen molar-refractivity contribution < 1.29 is 23.5 Å². The topological polar surface area (TPSA) is 65.0 Å². The molecular weight excluding hydrogens is 337 g/mol. The van der Waals surface area contributed by atoms with Gasteiger partial charge < -0.3 is 9.47 Å². The number of esters is 2. The molecule has 0 bridgehead atoms. The molecule has 0 atom stereocenters. The zero-order valence-corrected chi connectivity index (χ0v) is 14.1. The number of halogens is 1. The van der Waals surface area contributed by atoms with Crippen LogP contribution >= 0.6 is 0 Å². The Morgan fingerprint density at radius 2 is 1.85 bits per heavy atom. The molecule has 0 amide bonds. The first-order chi connectivity index (χ1) is 12.6. The quantitative estimate of drug-likeness (QED) is 0.607. The van der Waals surface area contributed by atoms with Crippen molar-refractivity contribution in [1.82, 2.24) is 0 Å². The Labute approximate surface area is 149 Å². The van der Waals surface area contributed by atoms with E-state index < -0.39 is 5.97 Å². The molecule has 1 aliphatic heterocycles. The van der Waals surface area contributed by atoms with E-state index in [1.807, 2.05) is 6.92 Å². The smallest absolute Gasteiger partial charge is 0.363 e. The summed E-state index contributed by atoms with van der Waals surface area (Å²) in [6.07, 6.45) is 2.31. The van der Waals surface area contributed by atoms with Gasteiger partial charge in [0, 0.05) is 5.56 Å². The zero-order chi connectivity index (χ0) is 18.5. The lowest BCUT2D eigenvalue weighted by molar-refractivity contribution is -0.129. The van der Waals surface area contributed by atoms with E-state index in [-0.39, 0.29) is 23.4 Å². The van der Waals surface area contributed by atoms with Gasteiger partial charge in [0.05, 0.1) is 12.2 Å². The molecule has 2 aromatic carbocycles. The molecule has 1 heterocycles. The summed E-state index contributed by atoms with van der Waals surface area (Å²) < 4.78 is 23.2. The van der Waals surface area contributed by atoms with Gasteiger partial charge in [0.2, 0.25) is 5.90 Å². The highest BCUT2D eigenvalue weighted by molar-refractivity contribution is 6.12. The number of cyclic esters (lactones) is 1. The van der Waals surface area contributed by atoms with Crippen LogP contribution in [0.5, 0.6) is 0 Å². The fourth-order valence-electron chi connectivity index (χ4n) is 2.28. The number of benzene rings is 2. The largest absolute Gasteiger partial charge is 0.462 e. The molecule has 132 valence electrons. The first kappa shape index (κ1) is 17.5. The highest BCUT2D eigenvalue weighted by atomic mass is 19.1. The molecule has 0 aromatic heterocycles. The number of nitrogens with zero attached hydrogens (tertiary/aromatic N) is 1. The van der Waals surface area contributed by atoms with Crippen LogP contribution in [0.1, 0.15) is 34.8 Å². The van der Waals surface area contributed by atoms with Crippen LogP contribution in [0.2, 0.25) is 0 Å². The molecule has 5 nitrogen and oxygen atoms in total. The molecule has 2 aromatic rings. The van der Waals surface area contributed by atoms with Gasteiger partial charge in [0.1, 0.15) is 5.82 Å². The van der Waals surface area contributed by atoms with Gasteiger partial charge in [-0.3, -0.25) is 0 Å². The maximum atomic E-state index is 13.0. The van der Waals surface area contributed by atoms with Gasteiger partial charge in [-0.15, -0.1) is 0 Å². The van der Waals surface area contributed by atoms with Crippen molar-refractivity contribution in [3.05, 3.63) is 76.7 Å². The van der Waals surface area contributed by atoms with Gasteiger partial charge in [-0.2, -0.15) is 0 Å². The predicted octanol–water partition coefficient (Wildman–Crippen LogP) is 3.74. The third-order valence-electron chi connectivity index (χ3n) is 3.60. The number of carbonyl (C=O) groups excluding carboxylic acids is 2. The van der Waals surface area contributed by atoms with Crippen LogP contribution in [0, 0.1) is 5.82 Å². The molecule has 0 fully saturated rings. The average Bonchev–Trinajstić information content (AvgIpc) is 3.01. The van der Waals surface area contributed by atoms with Gasteiger partial charge in [-0.25, -0.2) is 19.0 Å². The normalized spacial score (nSPS) is 14.9. The molecule has 0 saturated heterocycles. The van der Waals surface area contributed by atoms with E-state index in [0.29, 0.717) is 23.3 Å². The minimum Gasteiger partial charge on any atom is -0.462 e. The summed E-state index contributed by atoms with van der Waals surface area (Å²) in [7, 11) is 0. The Hall–Kier alpha value is -3.28. The van der Waals surface area contributed by atoms with Crippen molar-refractivity contribution >= 4 is 23.9 Å². The van der Waals surface area contributed by atoms with Crippen LogP contribution in [-0.4, -0.2) is 24.4 Å². The summed E-state index contributed by atoms with van der Waals surface area (Å²) in [6.45, 7) is 2.29. The van der Waals surface area contributed by atoms with Crippen LogP contribution in [0.15, 0.2) is 59.2 Å². The van der Waals surface area contributed by atoms with E-state index in [9.17, 15) is 14.0 Å². The SMILES string of the molecule is CCCOC(=O)c1ccc(/C=C2\N=C(c3ccc(F)cc3)OC2=O)cc1. The summed E-state index contributed by atoms with van der Waals surface area (Å²) in [6, 6.07) is 12.1. The fourth-order valence-corrected chi connectivity index (χ4v) is 2.28. The van der Waals surface area contributed by atoms with Crippen LogP contribution in [0.25, 0.3) is 6.08 Å². The Balaban J connectivity index is 1.77. The standard InChI is InChI=1S/C20H16FNO4/c1-2-11-25-19(23)15-5-3-13(4-6-15)12-17-20(24)26-18(22-17)14-7-9-16(21)10-8-14/h3-10,12H,2,11H2,1H3/b17-12-. The van der Waals surface area contributed by atoms with E-state index in [0.717, 1.165) is 6.42 Å². The summed E-state index contributed by atoms with van der Waals surface area (Å²) in [5, 5.41) is 0. The van der Waals surface area contributed by atoms with Crippen LogP contribution in [0.3, 0.4) is 0 Å². The lowest BCUT2D eigenvalue weighted by atomic mass is 10.1. The van der Waals surface area contributed by atoms with E-state index >= 15 is 0 Å². The average molecular weight is 353 g/mol. The monoisotopic (exact) mass is 353 g/mol. The molecule has 0 N–H and O–H groups in total. The van der Waals surface area contributed by atoms with E-state index in [4.69, 9.17) is 9.47 Å². The van der Waals surface area contributed by atoms with Crippen LogP contribution in [-0.2, 0) is 14.3 Å². The van der Waals surface area contributed by atoms with Crippen molar-refractivity contribution in [1.29, 1.82) is 0 Å². The Bertz CT molecular complexity index is 883. The van der Waals surface area contributed by atoms with Gasteiger partial charge >= 0.3 is 11.9 Å². The Morgan fingerprint density at radius 3 is 2.50 bits per heavy atom. The maximum Gasteiger partial charge on any atom is 0.363 e. The summed E-state index contributed by atoms with van der Waals surface area (Å²) in [4.78, 5) is 27.9. The number of hydrogen-bond acceptors (Lipinski definition) is 5. The van der Waals surface area contributed by atoms with E-state index in [1.165, 1.54) is 24.3 Å². The predicted molar refractivity (Wildman–Crippen MR) is 94.0 cm³/mol. The lowest BCUT2D eigenvalue weighted by Crippen LogP contribution is -2.05. The maximum absolute atomic E-state index is 13.0. The van der Waals surface area contributed by atoms with Crippen LogP contribution < -0.4 is 0 Å². The number of carbonyl (C=O) groups is 2. The second-order valence-electron chi connectivity index (χ2n) is 5.60. The fraction of sp³-hybridized carbons (Fsp3) is 0.150. The van der Waals surface area contributed by atoms with Gasteiger partial charge in [-0.05, 0) is 54.5 Å². The minimum absolute atomic E-state index is 0.126. The second kappa shape index (κ2) is 7.74. The van der Waals surface area contributed by atoms with Crippen LogP contribution in [0.4, 0.5) is 4.39 Å². The van der Waals surface area contributed by atoms with Crippen molar-refractivity contribution in [2.45, 2.75) is 13.3 Å². The highest BCUT2D eigenvalue weighted by Crippen LogP contribution is 2.19. The molecule has 1 aliphatic rings. The molecule has 3 rings (SSSR count). The molecule has 0 aliphatic carbocycles. The Kier molecular flexibility index (Phi) is 5.22. The Morgan fingerprint density at radius 1 is 1.15 bits per heavy atom. The first-order valence-electron chi connectivity index (χ1n) is 8.12. The molecule has 0 unspecified atom stereocenters. The van der Waals surface area contributed by atoms with E-state index in [1.54, 1.807) is 30.3 Å². The van der Waals surface area contributed by atoms with Crippen molar-refractivity contribution in [3.63, 3.8) is 0 Å². The van der Waals surface area contributed by atoms with Crippen molar-refractivity contribution in [2.75, 3.05) is 6.61 Å². The first-order valence-corrected chi connectivity index (χ1v) is 8.12.